The van der Waals surface area contributed by atoms with Crippen LogP contribution in [0.1, 0.15) is 53.0 Å². The molecule has 0 aliphatic heterocycles. The van der Waals surface area contributed by atoms with Gasteiger partial charge >= 0.3 is 0 Å². The smallest absolute Gasteiger partial charge is 0.208 e. The summed E-state index contributed by atoms with van der Waals surface area (Å²) in [6.07, 6.45) is 6.26. The Morgan fingerprint density at radius 3 is 2.87 bits per heavy atom. The quantitative estimate of drug-likeness (QED) is 0.639. The molecule has 0 unspecified atom stereocenters. The first-order valence-corrected chi connectivity index (χ1v) is 9.25. The van der Waals surface area contributed by atoms with Gasteiger partial charge in [0.05, 0.1) is 5.75 Å². The maximum Gasteiger partial charge on any atom is 0.208 e. The van der Waals surface area contributed by atoms with Crippen LogP contribution in [0.3, 0.4) is 0 Å². The van der Waals surface area contributed by atoms with Crippen LogP contribution in [-0.4, -0.2) is 26.7 Å². The van der Waals surface area contributed by atoms with Gasteiger partial charge in [0.15, 0.2) is 5.78 Å². The monoisotopic (exact) mass is 329 g/mol. The summed E-state index contributed by atoms with van der Waals surface area (Å²) in [7, 11) is 0. The number of aromatic nitrogens is 3. The van der Waals surface area contributed by atoms with Crippen molar-refractivity contribution < 1.29 is 4.79 Å². The van der Waals surface area contributed by atoms with Crippen LogP contribution in [0.2, 0.25) is 0 Å². The number of hydrogen-bond donors (Lipinski definition) is 1. The summed E-state index contributed by atoms with van der Waals surface area (Å²) in [4.78, 5) is 16.9. The average Bonchev–Trinajstić information content (AvgIpc) is 3.20. The van der Waals surface area contributed by atoms with Gasteiger partial charge in [-0.3, -0.25) is 9.89 Å². The number of nitrogens with zero attached hydrogens (tertiary/aromatic N) is 2. The van der Waals surface area contributed by atoms with E-state index in [0.29, 0.717) is 10.9 Å². The first kappa shape index (κ1) is 16.2. The van der Waals surface area contributed by atoms with E-state index in [-0.39, 0.29) is 5.78 Å². The van der Waals surface area contributed by atoms with Crippen molar-refractivity contribution in [3.63, 3.8) is 0 Å². The fourth-order valence-corrected chi connectivity index (χ4v) is 3.87. The number of aromatic amines is 1. The van der Waals surface area contributed by atoms with Gasteiger partial charge in [0.2, 0.25) is 5.16 Å². The van der Waals surface area contributed by atoms with Gasteiger partial charge in [-0.25, -0.2) is 4.98 Å². The molecule has 1 aliphatic carbocycles. The number of H-pyrrole nitrogens is 1. The van der Waals surface area contributed by atoms with Crippen molar-refractivity contribution in [2.45, 2.75) is 51.1 Å². The van der Waals surface area contributed by atoms with Crippen LogP contribution >= 0.6 is 11.8 Å². The number of benzene rings is 1. The molecule has 2 aromatic rings. The standard InChI is InChI=1S/C18H23N3OS/c1-12-7-8-13(2)15(9-12)16(22)11-23-18-19-17(20-21-18)10-14-5-3-4-6-14/h7-9,14H,3-6,10-11H2,1-2H3,(H,19,20,21). The molecule has 4 nitrogen and oxygen atoms in total. The number of hydrogen-bond acceptors (Lipinski definition) is 4. The third-order valence-electron chi connectivity index (χ3n) is 4.49. The highest BCUT2D eigenvalue weighted by Gasteiger charge is 2.18. The molecule has 0 bridgehead atoms. The second-order valence-corrected chi connectivity index (χ2v) is 7.39. The molecule has 0 amide bonds. The number of ketones is 1. The van der Waals surface area contributed by atoms with Gasteiger partial charge in [-0.2, -0.15) is 0 Å². The van der Waals surface area contributed by atoms with Gasteiger partial charge in [0.25, 0.3) is 0 Å². The zero-order valence-corrected chi connectivity index (χ0v) is 14.6. The lowest BCUT2D eigenvalue weighted by atomic mass is 10.0. The van der Waals surface area contributed by atoms with Crippen molar-refractivity contribution in [2.75, 3.05) is 5.75 Å². The van der Waals surface area contributed by atoms with Gasteiger partial charge in [0.1, 0.15) is 5.82 Å². The van der Waals surface area contributed by atoms with Crippen molar-refractivity contribution in [2.24, 2.45) is 5.92 Å². The zero-order chi connectivity index (χ0) is 16.2. The van der Waals surface area contributed by atoms with E-state index >= 15 is 0 Å². The Labute approximate surface area is 141 Å². The van der Waals surface area contributed by atoms with E-state index in [1.807, 2.05) is 32.0 Å². The summed E-state index contributed by atoms with van der Waals surface area (Å²) in [5.41, 5.74) is 2.94. The molecule has 23 heavy (non-hydrogen) atoms. The Morgan fingerprint density at radius 1 is 1.30 bits per heavy atom. The first-order valence-electron chi connectivity index (χ1n) is 8.26. The van der Waals surface area contributed by atoms with Crippen LogP contribution < -0.4 is 0 Å². The van der Waals surface area contributed by atoms with Crippen LogP contribution in [0.15, 0.2) is 23.4 Å². The molecule has 0 atom stereocenters. The molecule has 0 spiro atoms. The molecule has 0 radical (unpaired) electrons. The van der Waals surface area contributed by atoms with E-state index in [9.17, 15) is 4.79 Å². The normalized spacial score (nSPS) is 15.2. The highest BCUT2D eigenvalue weighted by molar-refractivity contribution is 7.99. The lowest BCUT2D eigenvalue weighted by Gasteiger charge is -2.05. The minimum atomic E-state index is 0.137. The highest BCUT2D eigenvalue weighted by atomic mass is 32.2. The van der Waals surface area contributed by atoms with Crippen molar-refractivity contribution >= 4 is 17.5 Å². The number of thioether (sulfide) groups is 1. The number of Topliss-reactive ketones (excluding diaryl/α,β-unsaturated/α-hetero) is 1. The summed E-state index contributed by atoms with van der Waals surface area (Å²) >= 11 is 1.41. The van der Waals surface area contributed by atoms with E-state index in [1.54, 1.807) is 0 Å². The minimum Gasteiger partial charge on any atom is -0.293 e. The summed E-state index contributed by atoms with van der Waals surface area (Å²) in [5.74, 6) is 2.22. The number of aryl methyl sites for hydroxylation is 2. The van der Waals surface area contributed by atoms with Gasteiger partial charge < -0.3 is 0 Å². The summed E-state index contributed by atoms with van der Waals surface area (Å²) in [6, 6.07) is 5.99. The molecule has 1 aromatic heterocycles. The molecule has 1 aliphatic rings. The lowest BCUT2D eigenvalue weighted by molar-refractivity contribution is 0.102. The van der Waals surface area contributed by atoms with Crippen molar-refractivity contribution in [1.82, 2.24) is 15.2 Å². The Morgan fingerprint density at radius 2 is 2.09 bits per heavy atom. The Bertz CT molecular complexity index is 689. The van der Waals surface area contributed by atoms with E-state index in [1.165, 1.54) is 37.4 Å². The summed E-state index contributed by atoms with van der Waals surface area (Å²) in [5, 5.41) is 7.94. The number of carbonyl (C=O) groups is 1. The summed E-state index contributed by atoms with van der Waals surface area (Å²) < 4.78 is 0. The first-order chi connectivity index (χ1) is 11.1. The largest absolute Gasteiger partial charge is 0.293 e. The molecular formula is C18H23N3OS. The fourth-order valence-electron chi connectivity index (χ4n) is 3.17. The predicted octanol–water partition coefficient (Wildman–Crippen LogP) is 4.13. The van der Waals surface area contributed by atoms with E-state index in [0.717, 1.165) is 34.9 Å². The maximum absolute atomic E-state index is 12.4. The SMILES string of the molecule is Cc1ccc(C)c(C(=O)CSc2n[nH]c(CC3CCCC3)n2)c1. The van der Waals surface area contributed by atoms with Crippen molar-refractivity contribution in [1.29, 1.82) is 0 Å². The maximum atomic E-state index is 12.4. The third-order valence-corrected chi connectivity index (χ3v) is 5.34. The van der Waals surface area contributed by atoms with Crippen LogP contribution in [-0.2, 0) is 6.42 Å². The van der Waals surface area contributed by atoms with E-state index < -0.39 is 0 Å². The predicted molar refractivity (Wildman–Crippen MR) is 93.0 cm³/mol. The third kappa shape index (κ3) is 4.22. The molecule has 1 N–H and O–H groups in total. The molecular weight excluding hydrogens is 306 g/mol. The molecule has 122 valence electrons. The second kappa shape index (κ2) is 7.30. The van der Waals surface area contributed by atoms with Crippen LogP contribution in [0.25, 0.3) is 0 Å². The molecule has 1 fully saturated rings. The molecule has 5 heteroatoms. The molecule has 1 heterocycles. The number of rotatable bonds is 6. The minimum absolute atomic E-state index is 0.137. The van der Waals surface area contributed by atoms with Crippen LogP contribution in [0.5, 0.6) is 0 Å². The lowest BCUT2D eigenvalue weighted by Crippen LogP contribution is -2.05. The molecule has 0 saturated heterocycles. The van der Waals surface area contributed by atoms with Crippen LogP contribution in [0, 0.1) is 19.8 Å². The Hall–Kier alpha value is -1.62. The highest BCUT2D eigenvalue weighted by Crippen LogP contribution is 2.27. The number of carbonyl (C=O) groups excluding carboxylic acids is 1. The van der Waals surface area contributed by atoms with Gasteiger partial charge in [0, 0.05) is 12.0 Å². The molecule has 1 saturated carbocycles. The van der Waals surface area contributed by atoms with Crippen molar-refractivity contribution in [3.8, 4) is 0 Å². The fraction of sp³-hybridized carbons (Fsp3) is 0.500. The Kier molecular flexibility index (Phi) is 5.16. The van der Waals surface area contributed by atoms with E-state index in [4.69, 9.17) is 0 Å². The zero-order valence-electron chi connectivity index (χ0n) is 13.8. The topological polar surface area (TPSA) is 58.6 Å². The van der Waals surface area contributed by atoms with Gasteiger partial charge in [-0.1, -0.05) is 55.1 Å². The molecule has 3 rings (SSSR count). The Balaban J connectivity index is 1.56. The average molecular weight is 329 g/mol. The second-order valence-electron chi connectivity index (χ2n) is 6.45. The van der Waals surface area contributed by atoms with Gasteiger partial charge in [-0.05, 0) is 31.4 Å². The number of nitrogens with one attached hydrogen (secondary N) is 1. The van der Waals surface area contributed by atoms with Crippen LogP contribution in [0.4, 0.5) is 0 Å². The van der Waals surface area contributed by atoms with Gasteiger partial charge in [-0.15, -0.1) is 5.10 Å². The summed E-state index contributed by atoms with van der Waals surface area (Å²) in [6.45, 7) is 3.98. The molecule has 1 aromatic carbocycles. The van der Waals surface area contributed by atoms with Crippen molar-refractivity contribution in [3.05, 3.63) is 40.7 Å². The van der Waals surface area contributed by atoms with E-state index in [2.05, 4.69) is 15.2 Å².